The molecule has 3 saturated carbocycles. The van der Waals surface area contributed by atoms with Crippen LogP contribution in [0.1, 0.15) is 58.3 Å². The summed E-state index contributed by atoms with van der Waals surface area (Å²) in [4.78, 5) is 5.03. The molecule has 0 aromatic carbocycles. The van der Waals surface area contributed by atoms with Crippen molar-refractivity contribution in [2.24, 2.45) is 34.2 Å². The van der Waals surface area contributed by atoms with Gasteiger partial charge in [0.15, 0.2) is 8.32 Å². The summed E-state index contributed by atoms with van der Waals surface area (Å²) >= 11 is 0. The second-order valence-electron chi connectivity index (χ2n) is 10.8. The number of terminal acetylenes is 1. The zero-order valence-corrected chi connectivity index (χ0v) is 19.4. The van der Waals surface area contributed by atoms with E-state index in [1.165, 1.54) is 38.5 Å². The number of nitrogens with zero attached hydrogens (tertiary/aromatic N) is 1. The van der Waals surface area contributed by atoms with Gasteiger partial charge in [0, 0.05) is 5.41 Å². The minimum Gasteiger partial charge on any atom is -0.401 e. The standard InChI is InChI=1S/C24H37NO2Si/c1-7-24(27-28(4,5)6)15-13-22-21-10-8-17-16-18(25-26-3)9-11-19(17)20(21)12-14-23(22,24)2/h1,16,19-22H,8-15H2,2-6H3/b25-18-/t19-,20+,21+,22-,23-,24-/m0/s1. The van der Waals surface area contributed by atoms with Gasteiger partial charge < -0.3 is 9.26 Å². The predicted molar refractivity (Wildman–Crippen MR) is 118 cm³/mol. The van der Waals surface area contributed by atoms with Crippen LogP contribution in [0.2, 0.25) is 19.6 Å². The Hall–Kier alpha value is -1.05. The van der Waals surface area contributed by atoms with Crippen molar-refractivity contribution in [1.82, 2.24) is 0 Å². The fourth-order valence-electron chi connectivity index (χ4n) is 7.34. The van der Waals surface area contributed by atoms with Crippen LogP contribution in [0, 0.1) is 41.4 Å². The first kappa shape index (κ1) is 20.2. The SMILES string of the molecule is C#C[C@]1(O[Si](C)(C)C)CC[C@H]2[C@@H]3CCC4=C/C(=N\OC)CC[C@@H]4[C@H]3CC[C@@]21C. The smallest absolute Gasteiger partial charge is 0.185 e. The Balaban J connectivity index is 1.60. The first-order valence-electron chi connectivity index (χ1n) is 11.2. The van der Waals surface area contributed by atoms with Crippen molar-refractivity contribution in [3.8, 4) is 12.3 Å². The highest BCUT2D eigenvalue weighted by Gasteiger charge is 2.63. The van der Waals surface area contributed by atoms with E-state index in [2.05, 4.69) is 43.7 Å². The Morgan fingerprint density at radius 3 is 2.57 bits per heavy atom. The summed E-state index contributed by atoms with van der Waals surface area (Å²) in [7, 11) is -0.0531. The lowest BCUT2D eigenvalue weighted by Crippen LogP contribution is -2.56. The number of rotatable bonds is 3. The number of oxime groups is 1. The van der Waals surface area contributed by atoms with Crippen LogP contribution in [0.3, 0.4) is 0 Å². The molecule has 3 nitrogen and oxygen atoms in total. The highest BCUT2D eigenvalue weighted by atomic mass is 28.4. The van der Waals surface area contributed by atoms with Crippen LogP contribution in [-0.2, 0) is 9.26 Å². The van der Waals surface area contributed by atoms with Crippen molar-refractivity contribution in [1.29, 1.82) is 0 Å². The van der Waals surface area contributed by atoms with Crippen LogP contribution in [0.25, 0.3) is 0 Å². The van der Waals surface area contributed by atoms with Crippen molar-refractivity contribution in [3.63, 3.8) is 0 Å². The van der Waals surface area contributed by atoms with Gasteiger partial charge in [0.25, 0.3) is 0 Å². The Labute approximate surface area is 172 Å². The van der Waals surface area contributed by atoms with Crippen molar-refractivity contribution >= 4 is 14.0 Å². The van der Waals surface area contributed by atoms with E-state index in [9.17, 15) is 0 Å². The molecule has 0 N–H and O–H groups in total. The maximum absolute atomic E-state index is 6.80. The Morgan fingerprint density at radius 1 is 1.11 bits per heavy atom. The summed E-state index contributed by atoms with van der Waals surface area (Å²) in [5, 5.41) is 4.21. The maximum atomic E-state index is 6.80. The van der Waals surface area contributed by atoms with Crippen LogP contribution < -0.4 is 0 Å². The molecular formula is C24H37NO2Si. The summed E-state index contributed by atoms with van der Waals surface area (Å²) in [6.45, 7) is 9.32. The van der Waals surface area contributed by atoms with E-state index in [1.54, 1.807) is 12.7 Å². The second-order valence-corrected chi connectivity index (χ2v) is 15.2. The lowest BCUT2D eigenvalue weighted by molar-refractivity contribution is -0.0765. The Kier molecular flexibility index (Phi) is 5.07. The van der Waals surface area contributed by atoms with Gasteiger partial charge in [0.1, 0.15) is 12.7 Å². The van der Waals surface area contributed by atoms with E-state index in [0.717, 1.165) is 36.3 Å². The molecule has 154 valence electrons. The largest absolute Gasteiger partial charge is 0.401 e. The Morgan fingerprint density at radius 2 is 1.89 bits per heavy atom. The molecule has 0 aromatic rings. The van der Waals surface area contributed by atoms with Crippen LogP contribution in [-0.4, -0.2) is 26.7 Å². The molecule has 0 radical (unpaired) electrons. The highest BCUT2D eigenvalue weighted by Crippen LogP contribution is 2.66. The van der Waals surface area contributed by atoms with Crippen molar-refractivity contribution in [3.05, 3.63) is 11.6 Å². The Bertz CT molecular complexity index is 730. The molecular weight excluding hydrogens is 362 g/mol. The molecule has 4 aliphatic carbocycles. The fraction of sp³-hybridized carbons (Fsp3) is 0.792. The average Bonchev–Trinajstić information content (AvgIpc) is 2.93. The van der Waals surface area contributed by atoms with E-state index < -0.39 is 8.32 Å². The van der Waals surface area contributed by atoms with Gasteiger partial charge in [0.2, 0.25) is 0 Å². The van der Waals surface area contributed by atoms with Crippen molar-refractivity contribution in [2.45, 2.75) is 83.5 Å². The molecule has 4 rings (SSSR count). The average molecular weight is 400 g/mol. The van der Waals surface area contributed by atoms with Crippen LogP contribution in [0.4, 0.5) is 0 Å². The number of hydrogen-bond donors (Lipinski definition) is 0. The van der Waals surface area contributed by atoms with E-state index in [4.69, 9.17) is 15.7 Å². The molecule has 0 unspecified atom stereocenters. The minimum absolute atomic E-state index is 0.141. The molecule has 0 heterocycles. The molecule has 0 amide bonds. The van der Waals surface area contributed by atoms with Gasteiger partial charge in [-0.15, -0.1) is 6.42 Å². The first-order chi connectivity index (χ1) is 13.2. The van der Waals surface area contributed by atoms with Gasteiger partial charge >= 0.3 is 0 Å². The number of fused-ring (bicyclic) bond motifs is 5. The molecule has 0 bridgehead atoms. The van der Waals surface area contributed by atoms with E-state index in [1.807, 2.05) is 0 Å². The number of hydrogen-bond acceptors (Lipinski definition) is 3. The summed E-state index contributed by atoms with van der Waals surface area (Å²) in [5.74, 6) is 6.31. The molecule has 0 saturated heterocycles. The summed E-state index contributed by atoms with van der Waals surface area (Å²) in [5.41, 5.74) is 2.56. The van der Waals surface area contributed by atoms with Crippen LogP contribution >= 0.6 is 0 Å². The normalized spacial score (nSPS) is 44.1. The van der Waals surface area contributed by atoms with Crippen molar-refractivity contribution in [2.75, 3.05) is 7.11 Å². The monoisotopic (exact) mass is 399 g/mol. The molecule has 3 fully saturated rings. The summed E-state index contributed by atoms with van der Waals surface area (Å²) < 4.78 is 6.80. The second kappa shape index (κ2) is 7.02. The van der Waals surface area contributed by atoms with Crippen LogP contribution in [0.15, 0.2) is 16.8 Å². The molecule has 4 aliphatic rings. The first-order valence-corrected chi connectivity index (χ1v) is 14.6. The zero-order valence-electron chi connectivity index (χ0n) is 18.4. The lowest BCUT2D eigenvalue weighted by Gasteiger charge is -2.56. The molecule has 0 aliphatic heterocycles. The maximum Gasteiger partial charge on any atom is 0.185 e. The molecule has 6 atom stereocenters. The predicted octanol–water partition coefficient (Wildman–Crippen LogP) is 5.79. The summed E-state index contributed by atoms with van der Waals surface area (Å²) in [6, 6.07) is 0. The van der Waals surface area contributed by atoms with Gasteiger partial charge in [-0.3, -0.25) is 0 Å². The molecule has 0 spiro atoms. The zero-order chi connectivity index (χ0) is 20.2. The third kappa shape index (κ3) is 3.10. The van der Waals surface area contributed by atoms with Crippen molar-refractivity contribution < 1.29 is 9.26 Å². The number of allylic oxidation sites excluding steroid dienone is 2. The van der Waals surface area contributed by atoms with Gasteiger partial charge in [-0.25, -0.2) is 0 Å². The highest BCUT2D eigenvalue weighted by molar-refractivity contribution is 6.69. The topological polar surface area (TPSA) is 30.8 Å². The molecule has 4 heteroatoms. The van der Waals surface area contributed by atoms with Gasteiger partial charge in [-0.05, 0) is 101 Å². The fourth-order valence-corrected chi connectivity index (χ4v) is 8.78. The molecule has 28 heavy (non-hydrogen) atoms. The van der Waals surface area contributed by atoms with Gasteiger partial charge in [-0.1, -0.05) is 23.6 Å². The van der Waals surface area contributed by atoms with E-state index >= 15 is 0 Å². The summed E-state index contributed by atoms with van der Waals surface area (Å²) in [6.07, 6.45) is 18.2. The molecule has 0 aromatic heterocycles. The van der Waals surface area contributed by atoms with Crippen LogP contribution in [0.5, 0.6) is 0 Å². The third-order valence-electron chi connectivity index (χ3n) is 8.36. The third-order valence-corrected chi connectivity index (χ3v) is 9.32. The van der Waals surface area contributed by atoms with Gasteiger partial charge in [-0.2, -0.15) is 0 Å². The van der Waals surface area contributed by atoms with E-state index in [0.29, 0.717) is 5.92 Å². The minimum atomic E-state index is -1.70. The lowest BCUT2D eigenvalue weighted by atomic mass is 9.50. The van der Waals surface area contributed by atoms with E-state index in [-0.39, 0.29) is 11.0 Å². The van der Waals surface area contributed by atoms with Gasteiger partial charge in [0.05, 0.1) is 5.71 Å². The quantitative estimate of drug-likeness (QED) is 0.342.